The monoisotopic (exact) mass is 462 g/mol. The Balaban J connectivity index is 2.07. The van der Waals surface area contributed by atoms with Gasteiger partial charge in [0, 0.05) is 12.0 Å². The summed E-state index contributed by atoms with van der Waals surface area (Å²) in [7, 11) is 3.28. The van der Waals surface area contributed by atoms with Gasteiger partial charge in [0.2, 0.25) is 0 Å². The average Bonchev–Trinajstić information content (AvgIpc) is 2.88. The number of allylic oxidation sites excluding steroid dienone is 1. The van der Waals surface area contributed by atoms with Gasteiger partial charge in [-0.2, -0.15) is 0 Å². The van der Waals surface area contributed by atoms with Crippen LogP contribution in [0.4, 0.5) is 0 Å². The van der Waals surface area contributed by atoms with Gasteiger partial charge in [-0.3, -0.25) is 0 Å². The molecule has 0 aromatic heterocycles. The minimum atomic E-state index is -0.914. The van der Waals surface area contributed by atoms with Crippen molar-refractivity contribution in [2.45, 2.75) is 18.1 Å². The number of rotatable bonds is 9. The molecule has 0 amide bonds. The average molecular weight is 463 g/mol. The molecule has 0 aliphatic carbocycles. The zero-order valence-electron chi connectivity index (χ0n) is 18.7. The maximum absolute atomic E-state index is 10.3. The van der Waals surface area contributed by atoms with Crippen molar-refractivity contribution in [3.05, 3.63) is 107 Å². The van der Waals surface area contributed by atoms with Gasteiger partial charge in [-0.15, -0.1) is 0 Å². The Hall–Kier alpha value is -3.23. The lowest BCUT2D eigenvalue weighted by molar-refractivity contribution is 0.000749. The predicted molar refractivity (Wildman–Crippen MR) is 132 cm³/mol. The Morgan fingerprint density at radius 3 is 1.85 bits per heavy atom. The summed E-state index contributed by atoms with van der Waals surface area (Å²) in [6.07, 6.45) is 0.983. The summed E-state index contributed by atoms with van der Waals surface area (Å²) in [5.74, 6) is 6.96. The second-order valence-corrected chi connectivity index (χ2v) is 7.49. The normalized spacial score (nSPS) is 12.1. The van der Waals surface area contributed by atoms with Crippen LogP contribution in [-0.4, -0.2) is 32.0 Å². The molecule has 4 nitrogen and oxygen atoms in total. The number of hydrogen-bond acceptors (Lipinski definition) is 4. The molecule has 0 spiro atoms. The molecule has 170 valence electrons. The van der Waals surface area contributed by atoms with Crippen molar-refractivity contribution in [1.29, 1.82) is 0 Å². The second kappa shape index (κ2) is 12.1. The van der Waals surface area contributed by atoms with E-state index in [1.54, 1.807) is 14.2 Å². The molecule has 0 heterocycles. The smallest absolute Gasteiger partial charge is 0.143 e. The van der Waals surface area contributed by atoms with E-state index in [4.69, 9.17) is 25.8 Å². The molecule has 0 saturated heterocycles. The van der Waals surface area contributed by atoms with Gasteiger partial charge in [0.1, 0.15) is 23.2 Å². The van der Waals surface area contributed by atoms with Crippen molar-refractivity contribution in [3.8, 4) is 23.3 Å². The number of aliphatic hydroxyl groups excluding tert-OH is 1. The maximum atomic E-state index is 10.3. The lowest BCUT2D eigenvalue weighted by Crippen LogP contribution is -2.34. The highest BCUT2D eigenvalue weighted by Crippen LogP contribution is 2.41. The lowest BCUT2D eigenvalue weighted by Gasteiger charge is -2.36. The molecule has 0 aliphatic heterocycles. The Labute approximate surface area is 200 Å². The van der Waals surface area contributed by atoms with Crippen molar-refractivity contribution in [3.63, 3.8) is 0 Å². The molecule has 3 aromatic rings. The van der Waals surface area contributed by atoms with Gasteiger partial charge in [-0.1, -0.05) is 78.0 Å². The topological polar surface area (TPSA) is 47.9 Å². The molecular weight excluding hydrogens is 436 g/mol. The maximum Gasteiger partial charge on any atom is 0.143 e. The van der Waals surface area contributed by atoms with Gasteiger partial charge in [0.25, 0.3) is 0 Å². The third-order valence-electron chi connectivity index (χ3n) is 5.28. The van der Waals surface area contributed by atoms with Gasteiger partial charge in [-0.25, -0.2) is 0 Å². The van der Waals surface area contributed by atoms with Gasteiger partial charge >= 0.3 is 0 Å². The van der Waals surface area contributed by atoms with Crippen LogP contribution >= 0.6 is 11.6 Å². The Morgan fingerprint density at radius 2 is 1.36 bits per heavy atom. The van der Waals surface area contributed by atoms with Crippen molar-refractivity contribution >= 4 is 11.6 Å². The van der Waals surface area contributed by atoms with Crippen LogP contribution in [0.3, 0.4) is 0 Å². The van der Waals surface area contributed by atoms with E-state index in [2.05, 4.69) is 11.8 Å². The van der Waals surface area contributed by atoms with Crippen LogP contribution in [0, 0.1) is 11.8 Å². The molecule has 1 N–H and O–H groups in total. The molecule has 0 saturated carbocycles. The molecule has 0 bridgehead atoms. The quantitative estimate of drug-likeness (QED) is 0.336. The van der Waals surface area contributed by atoms with E-state index >= 15 is 0 Å². The zero-order chi connectivity index (χ0) is 23.5. The molecule has 0 aliphatic rings. The third kappa shape index (κ3) is 5.97. The molecule has 3 aromatic carbocycles. The van der Waals surface area contributed by atoms with Crippen molar-refractivity contribution in [2.75, 3.05) is 20.8 Å². The number of aliphatic hydroxyl groups is 1. The highest BCUT2D eigenvalue weighted by Gasteiger charge is 2.37. The minimum absolute atomic E-state index is 0.271. The van der Waals surface area contributed by atoms with E-state index in [9.17, 15) is 5.11 Å². The molecule has 1 atom stereocenters. The molecule has 5 heteroatoms. The summed E-state index contributed by atoms with van der Waals surface area (Å²) >= 11 is 5.49. The highest BCUT2D eigenvalue weighted by atomic mass is 35.5. The number of hydrogen-bond donors (Lipinski definition) is 1. The van der Waals surface area contributed by atoms with Gasteiger partial charge in [-0.05, 0) is 47.0 Å². The third-order valence-corrected chi connectivity index (χ3v) is 5.41. The molecule has 0 radical (unpaired) electrons. The fourth-order valence-electron chi connectivity index (χ4n) is 3.65. The van der Waals surface area contributed by atoms with Gasteiger partial charge < -0.3 is 19.3 Å². The first-order valence-corrected chi connectivity index (χ1v) is 11.0. The van der Waals surface area contributed by atoms with Crippen molar-refractivity contribution in [2.24, 2.45) is 0 Å². The fraction of sp³-hybridized carbons (Fsp3) is 0.214. The first kappa shape index (κ1) is 24.4. The Kier molecular flexibility index (Phi) is 8.97. The molecule has 33 heavy (non-hydrogen) atoms. The fourth-order valence-corrected chi connectivity index (χ4v) is 3.71. The Bertz CT molecular complexity index is 1030. The van der Waals surface area contributed by atoms with Crippen LogP contribution in [0.2, 0.25) is 0 Å². The van der Waals surface area contributed by atoms with Gasteiger partial charge in [0.15, 0.2) is 0 Å². The van der Waals surface area contributed by atoms with E-state index < -0.39 is 11.7 Å². The number of ether oxygens (including phenoxy) is 3. The summed E-state index contributed by atoms with van der Waals surface area (Å²) in [5, 5.41) is 10.3. The van der Waals surface area contributed by atoms with E-state index in [1.807, 2.05) is 78.9 Å². The number of benzene rings is 3. The summed E-state index contributed by atoms with van der Waals surface area (Å²) in [6.45, 7) is 0.271. The molecule has 0 fully saturated rings. The highest BCUT2D eigenvalue weighted by molar-refractivity contribution is 6.25. The van der Waals surface area contributed by atoms with E-state index in [0.717, 1.165) is 28.2 Å². The summed E-state index contributed by atoms with van der Waals surface area (Å²) in [4.78, 5) is 0. The lowest BCUT2D eigenvalue weighted by atomic mass is 9.80. The molecule has 0 unspecified atom stereocenters. The van der Waals surface area contributed by atoms with Crippen molar-refractivity contribution in [1.82, 2.24) is 0 Å². The molecule has 3 rings (SSSR count). The van der Waals surface area contributed by atoms with Crippen LogP contribution in [0.1, 0.15) is 23.1 Å². The predicted octanol–water partition coefficient (Wildman–Crippen LogP) is 5.52. The van der Waals surface area contributed by atoms with E-state index in [-0.39, 0.29) is 6.61 Å². The van der Waals surface area contributed by atoms with E-state index in [1.165, 1.54) is 11.6 Å². The minimum Gasteiger partial charge on any atom is -0.497 e. The van der Waals surface area contributed by atoms with E-state index in [0.29, 0.717) is 6.42 Å². The second-order valence-electron chi connectivity index (χ2n) is 7.24. The first-order chi connectivity index (χ1) is 16.1. The SMILES string of the molecule is COc1ccc(C(OCC[C@@H](O)C#C/C=C/Cl)(c2ccccc2)c2ccc(OC)cc2)cc1. The van der Waals surface area contributed by atoms with Crippen LogP contribution in [0.15, 0.2) is 90.5 Å². The summed E-state index contributed by atoms with van der Waals surface area (Å²) in [5.41, 5.74) is 3.23. The van der Waals surface area contributed by atoms with Crippen LogP contribution in [0.25, 0.3) is 0 Å². The zero-order valence-corrected chi connectivity index (χ0v) is 19.5. The summed E-state index contributed by atoms with van der Waals surface area (Å²) in [6, 6.07) is 25.7. The van der Waals surface area contributed by atoms with Crippen LogP contribution < -0.4 is 9.47 Å². The van der Waals surface area contributed by atoms with Crippen molar-refractivity contribution < 1.29 is 19.3 Å². The number of halogens is 1. The Morgan fingerprint density at radius 1 is 0.848 bits per heavy atom. The standard InChI is InChI=1S/C28H27ClO4/c1-31-26-15-11-23(12-16-26)28(22-8-4-3-5-9-22,24-13-17-27(32-2)18-14-24)33-21-19-25(30)10-6-7-20-29/h3-5,7-9,11-18,20,25,30H,19,21H2,1-2H3/b20-7+/t25-/m0/s1. The van der Waals surface area contributed by atoms with Crippen LogP contribution in [0.5, 0.6) is 11.5 Å². The van der Waals surface area contributed by atoms with Gasteiger partial charge in [0.05, 0.1) is 20.8 Å². The first-order valence-electron chi connectivity index (χ1n) is 10.6. The summed E-state index contributed by atoms with van der Waals surface area (Å²) < 4.78 is 17.4. The molecular formula is C28H27ClO4. The largest absolute Gasteiger partial charge is 0.497 e. The number of methoxy groups -OCH3 is 2. The van der Waals surface area contributed by atoms with Crippen LogP contribution in [-0.2, 0) is 10.3 Å².